The van der Waals surface area contributed by atoms with Crippen molar-refractivity contribution in [3.8, 4) is 0 Å². The van der Waals surface area contributed by atoms with Crippen LogP contribution in [0.15, 0.2) is 0 Å². The summed E-state index contributed by atoms with van der Waals surface area (Å²) in [5, 5.41) is 0.476. The molecule has 1 atom stereocenters. The zero-order valence-corrected chi connectivity index (χ0v) is 16.8. The minimum atomic E-state index is -4.02. The smallest absolute Gasteiger partial charge is 0.171 e. The highest BCUT2D eigenvalue weighted by molar-refractivity contribution is 9.48. The third-order valence-electron chi connectivity index (χ3n) is 2.42. The molecule has 21 heavy (non-hydrogen) atoms. The van der Waals surface area contributed by atoms with Crippen LogP contribution in [0.2, 0.25) is 0 Å². The van der Waals surface area contributed by atoms with Gasteiger partial charge >= 0.3 is 6.18 Å². The second-order valence-electron chi connectivity index (χ2n) is 5.12. The van der Waals surface area contributed by atoms with Gasteiger partial charge in [0.2, 0.25) is 0 Å². The molecule has 0 aliphatic carbocycles. The third-order valence-corrected chi connectivity index (χ3v) is 17.2. The summed E-state index contributed by atoms with van der Waals surface area (Å²) in [5.41, 5.74) is 0. The van der Waals surface area contributed by atoms with Crippen molar-refractivity contribution < 1.29 is 13.2 Å². The second kappa shape index (κ2) is 11.7. The Morgan fingerprint density at radius 3 is 2.05 bits per heavy atom. The van der Waals surface area contributed by atoms with Crippen molar-refractivity contribution in [3.63, 3.8) is 0 Å². The molecule has 0 heterocycles. The lowest BCUT2D eigenvalue weighted by Gasteiger charge is -2.39. The topological polar surface area (TPSA) is 0 Å². The molecule has 7 heteroatoms. The summed E-state index contributed by atoms with van der Waals surface area (Å²) in [6.07, 6.45) is -0.988. The third kappa shape index (κ3) is 12.3. The van der Waals surface area contributed by atoms with Crippen molar-refractivity contribution in [2.45, 2.75) is 71.2 Å². The quantitative estimate of drug-likeness (QED) is 0.251. The molecule has 0 nitrogen and oxygen atoms in total. The molecule has 0 N–H and O–H groups in total. The zero-order valence-electron chi connectivity index (χ0n) is 13.5. The summed E-state index contributed by atoms with van der Waals surface area (Å²) >= 11 is 0. The van der Waals surface area contributed by atoms with Gasteiger partial charge in [-0.25, -0.2) is 0 Å². The Labute approximate surface area is 141 Å². The number of hydrogen-bond acceptors (Lipinski definition) is 3. The predicted molar refractivity (Wildman–Crippen MR) is 101 cm³/mol. The van der Waals surface area contributed by atoms with E-state index in [2.05, 4.69) is 27.7 Å². The molecule has 0 aliphatic rings. The Morgan fingerprint density at radius 1 is 0.952 bits per heavy atom. The summed E-state index contributed by atoms with van der Waals surface area (Å²) in [6, 6.07) is 0. The first kappa shape index (κ1) is 22.2. The van der Waals surface area contributed by atoms with E-state index in [1.807, 2.05) is 32.4 Å². The van der Waals surface area contributed by atoms with Gasteiger partial charge in [-0.2, -0.15) is 13.2 Å². The maximum Gasteiger partial charge on any atom is 0.389 e. The Kier molecular flexibility index (Phi) is 12.3. The summed E-state index contributed by atoms with van der Waals surface area (Å²) < 4.78 is 37.3. The van der Waals surface area contributed by atoms with E-state index in [4.69, 9.17) is 0 Å². The molecule has 0 bridgehead atoms. The fourth-order valence-electron chi connectivity index (χ4n) is 1.54. The van der Waals surface area contributed by atoms with Crippen LogP contribution in [0.25, 0.3) is 0 Å². The molecular formula is C14H29F3S4. The van der Waals surface area contributed by atoms with Crippen LogP contribution in [-0.4, -0.2) is 28.7 Å². The van der Waals surface area contributed by atoms with Crippen molar-refractivity contribution in [1.29, 1.82) is 0 Å². The molecule has 0 radical (unpaired) electrons. The van der Waals surface area contributed by atoms with Gasteiger partial charge in [0.25, 0.3) is 0 Å². The van der Waals surface area contributed by atoms with Gasteiger partial charge < -0.3 is 0 Å². The van der Waals surface area contributed by atoms with Crippen LogP contribution >= 0.6 is 39.5 Å². The van der Waals surface area contributed by atoms with Gasteiger partial charge in [0.05, 0.1) is 0 Å². The number of unbranched alkanes of at least 4 members (excludes halogenated alkanes) is 1. The number of alkyl halides is 3. The molecular weight excluding hydrogens is 353 g/mol. The van der Waals surface area contributed by atoms with E-state index >= 15 is 0 Å². The first-order valence-corrected chi connectivity index (χ1v) is 13.8. The second-order valence-corrected chi connectivity index (χ2v) is 18.1. The molecule has 0 saturated carbocycles. The van der Waals surface area contributed by atoms with Gasteiger partial charge in [-0.1, -0.05) is 73.6 Å². The van der Waals surface area contributed by atoms with Crippen LogP contribution in [0.5, 0.6) is 0 Å². The Morgan fingerprint density at radius 2 is 1.57 bits per heavy atom. The fraction of sp³-hybridized carbons (Fsp3) is 1.00. The van der Waals surface area contributed by atoms with E-state index in [0.29, 0.717) is 11.0 Å². The number of halogens is 3. The zero-order chi connectivity index (χ0) is 16.4. The predicted octanol–water partition coefficient (Wildman–Crippen LogP) is 7.70. The summed E-state index contributed by atoms with van der Waals surface area (Å²) in [4.78, 5) is 0. The molecule has 0 aromatic carbocycles. The normalized spacial score (nSPS) is 17.0. The first-order chi connectivity index (χ1) is 9.74. The van der Waals surface area contributed by atoms with Gasteiger partial charge in [-0.3, -0.25) is 0 Å². The molecule has 0 aromatic rings. The van der Waals surface area contributed by atoms with Gasteiger partial charge in [0, 0.05) is 28.9 Å². The number of hydrogen-bond donors (Lipinski definition) is 0. The summed E-state index contributed by atoms with van der Waals surface area (Å²) in [6.45, 7) is 8.62. The minimum absolute atomic E-state index is 0.272. The molecule has 0 aliphatic heterocycles. The molecule has 0 amide bonds. The van der Waals surface area contributed by atoms with Crippen LogP contribution in [0.3, 0.4) is 0 Å². The SMILES string of the molecule is CCCCSS(CCCC(F)(F)F)(SCCC)SC(C)C. The van der Waals surface area contributed by atoms with Crippen molar-refractivity contribution in [2.24, 2.45) is 0 Å². The lowest BCUT2D eigenvalue weighted by Crippen LogP contribution is -2.09. The molecule has 130 valence electrons. The van der Waals surface area contributed by atoms with Gasteiger partial charge in [-0.05, 0) is 19.3 Å². The largest absolute Gasteiger partial charge is 0.389 e. The summed E-state index contributed by atoms with van der Waals surface area (Å²) in [5.74, 6) is 2.85. The molecule has 0 fully saturated rings. The Balaban J connectivity index is 4.69. The van der Waals surface area contributed by atoms with Crippen molar-refractivity contribution in [1.82, 2.24) is 0 Å². The van der Waals surface area contributed by atoms with Crippen molar-refractivity contribution in [2.75, 3.05) is 17.3 Å². The van der Waals surface area contributed by atoms with E-state index in [1.54, 1.807) is 0 Å². The van der Waals surface area contributed by atoms with E-state index in [9.17, 15) is 13.2 Å². The first-order valence-electron chi connectivity index (χ1n) is 7.59. The van der Waals surface area contributed by atoms with E-state index < -0.39 is 19.7 Å². The molecule has 0 saturated heterocycles. The molecule has 1 unspecified atom stereocenters. The number of rotatable bonds is 12. The lowest BCUT2D eigenvalue weighted by molar-refractivity contribution is -0.134. The van der Waals surface area contributed by atoms with E-state index in [-0.39, 0.29) is 6.42 Å². The molecule has 0 aromatic heterocycles. The van der Waals surface area contributed by atoms with Crippen LogP contribution < -0.4 is 0 Å². The van der Waals surface area contributed by atoms with Gasteiger partial charge in [-0.15, -0.1) is 0 Å². The maximum atomic E-state index is 12.4. The average molecular weight is 383 g/mol. The molecule has 0 rings (SSSR count). The highest BCUT2D eigenvalue weighted by Crippen LogP contribution is 2.79. The van der Waals surface area contributed by atoms with E-state index in [0.717, 1.165) is 30.8 Å². The monoisotopic (exact) mass is 382 g/mol. The van der Waals surface area contributed by atoms with Crippen molar-refractivity contribution in [3.05, 3.63) is 0 Å². The highest BCUT2D eigenvalue weighted by Gasteiger charge is 2.31. The van der Waals surface area contributed by atoms with Gasteiger partial charge in [0.1, 0.15) is 0 Å². The summed E-state index contributed by atoms with van der Waals surface area (Å²) in [7, 11) is 4.72. The van der Waals surface area contributed by atoms with Crippen LogP contribution in [0.1, 0.15) is 59.8 Å². The minimum Gasteiger partial charge on any atom is -0.171 e. The van der Waals surface area contributed by atoms with Crippen molar-refractivity contribution >= 4 is 39.5 Å². The van der Waals surface area contributed by atoms with Gasteiger partial charge in [0.15, 0.2) is 0 Å². The Hall–Kier alpha value is 1.19. The highest BCUT2D eigenvalue weighted by atomic mass is 33.8. The maximum absolute atomic E-state index is 12.4. The Bertz CT molecular complexity index is 259. The average Bonchev–Trinajstić information content (AvgIpc) is 2.34. The van der Waals surface area contributed by atoms with E-state index in [1.165, 1.54) is 0 Å². The standard InChI is InChI=1S/C14H29F3S4/c1-5-7-11-19-21(18-10-6-2,20-13(3)4)12-8-9-14(15,16)17/h13H,5-12H2,1-4H3. The van der Waals surface area contributed by atoms with Crippen LogP contribution in [-0.2, 0) is 0 Å². The molecule has 0 spiro atoms. The fourth-order valence-corrected chi connectivity index (χ4v) is 17.8. The van der Waals surface area contributed by atoms with Crippen LogP contribution in [0, 0.1) is 0 Å². The lowest BCUT2D eigenvalue weighted by atomic mass is 10.3. The van der Waals surface area contributed by atoms with Crippen LogP contribution in [0.4, 0.5) is 13.2 Å².